The first-order valence-corrected chi connectivity index (χ1v) is 4.13. The lowest BCUT2D eigenvalue weighted by Crippen LogP contribution is -2.20. The molecule has 2 rings (SSSR count). The zero-order valence-corrected chi connectivity index (χ0v) is 7.03. The Bertz CT molecular complexity index is 338. The van der Waals surface area contributed by atoms with Crippen molar-refractivity contribution in [3.63, 3.8) is 0 Å². The van der Waals surface area contributed by atoms with Crippen LogP contribution in [0, 0.1) is 0 Å². The number of phenolic OH excluding ortho intramolecular Hbond substituents is 2. The fraction of sp³-hybridized carbons (Fsp3) is 0.333. The van der Waals surface area contributed by atoms with Crippen molar-refractivity contribution in [2.24, 2.45) is 5.73 Å². The zero-order valence-electron chi connectivity index (χ0n) is 7.03. The fourth-order valence-corrected chi connectivity index (χ4v) is 1.50. The van der Waals surface area contributed by atoms with Crippen LogP contribution in [0.1, 0.15) is 18.0 Å². The summed E-state index contributed by atoms with van der Waals surface area (Å²) in [7, 11) is 0. The molecule has 1 aromatic rings. The largest absolute Gasteiger partial charge is 0.504 e. The van der Waals surface area contributed by atoms with E-state index in [9.17, 15) is 10.2 Å². The summed E-state index contributed by atoms with van der Waals surface area (Å²) in [6.07, 6.45) is 0.657. The summed E-state index contributed by atoms with van der Waals surface area (Å²) in [4.78, 5) is 0. The third-order valence-corrected chi connectivity index (χ3v) is 2.21. The van der Waals surface area contributed by atoms with Crippen molar-refractivity contribution in [3.8, 4) is 17.2 Å². The van der Waals surface area contributed by atoms with Gasteiger partial charge in [0, 0.05) is 12.5 Å². The Labute approximate surface area is 75.6 Å². The van der Waals surface area contributed by atoms with Gasteiger partial charge in [-0.1, -0.05) is 0 Å². The van der Waals surface area contributed by atoms with E-state index in [1.807, 2.05) is 0 Å². The summed E-state index contributed by atoms with van der Waals surface area (Å²) in [5.41, 5.74) is 6.27. The number of nitrogens with two attached hydrogens (primary N) is 1. The molecule has 70 valence electrons. The highest BCUT2D eigenvalue weighted by atomic mass is 16.5. The molecule has 1 heterocycles. The van der Waals surface area contributed by atoms with Gasteiger partial charge in [-0.2, -0.15) is 0 Å². The predicted octanol–water partition coefficient (Wildman–Crippen LogP) is 0.880. The quantitative estimate of drug-likeness (QED) is 0.519. The first-order chi connectivity index (χ1) is 6.20. The molecule has 0 fully saturated rings. The van der Waals surface area contributed by atoms with Gasteiger partial charge in [0.05, 0.1) is 12.2 Å². The van der Waals surface area contributed by atoms with Crippen LogP contribution < -0.4 is 10.5 Å². The maximum Gasteiger partial charge on any atom is 0.166 e. The van der Waals surface area contributed by atoms with Gasteiger partial charge in [-0.25, -0.2) is 0 Å². The van der Waals surface area contributed by atoms with Crippen LogP contribution in [0.15, 0.2) is 12.1 Å². The standard InChI is InChI=1S/C9H11NO3/c10-5-3-4-13-7-2-1-6(11)9(12)8(5)7/h1-2,5,11-12H,3-4,10H2/t5-/m0/s1. The SMILES string of the molecule is N[C@H]1CCOc2ccc(O)c(O)c21. The third kappa shape index (κ3) is 1.19. The number of phenols is 2. The zero-order chi connectivity index (χ0) is 9.42. The molecule has 0 radical (unpaired) electrons. The van der Waals surface area contributed by atoms with E-state index in [1.165, 1.54) is 6.07 Å². The molecule has 1 aliphatic rings. The van der Waals surface area contributed by atoms with Crippen LogP contribution in [-0.2, 0) is 0 Å². The summed E-state index contributed by atoms with van der Waals surface area (Å²) in [6.45, 7) is 0.554. The summed E-state index contributed by atoms with van der Waals surface area (Å²) in [5, 5.41) is 18.7. The van der Waals surface area contributed by atoms with Crippen molar-refractivity contribution in [1.29, 1.82) is 0 Å². The van der Waals surface area contributed by atoms with E-state index in [2.05, 4.69) is 0 Å². The van der Waals surface area contributed by atoms with Crippen molar-refractivity contribution in [1.82, 2.24) is 0 Å². The number of aromatic hydroxyl groups is 2. The molecule has 1 atom stereocenters. The Morgan fingerprint density at radius 2 is 2.15 bits per heavy atom. The molecule has 4 N–H and O–H groups in total. The van der Waals surface area contributed by atoms with Gasteiger partial charge in [0.2, 0.25) is 0 Å². The Morgan fingerprint density at radius 1 is 1.38 bits per heavy atom. The summed E-state index contributed by atoms with van der Waals surface area (Å²) in [5.74, 6) is 0.249. The van der Waals surface area contributed by atoms with Crippen molar-refractivity contribution in [2.45, 2.75) is 12.5 Å². The van der Waals surface area contributed by atoms with Crippen LogP contribution in [0.4, 0.5) is 0 Å². The van der Waals surface area contributed by atoms with E-state index in [-0.39, 0.29) is 17.5 Å². The van der Waals surface area contributed by atoms with Gasteiger partial charge >= 0.3 is 0 Å². The summed E-state index contributed by atoms with van der Waals surface area (Å²) in [6, 6.07) is 2.76. The lowest BCUT2D eigenvalue weighted by molar-refractivity contribution is 0.261. The molecule has 0 amide bonds. The van der Waals surface area contributed by atoms with Crippen molar-refractivity contribution in [2.75, 3.05) is 6.61 Å². The summed E-state index contributed by atoms with van der Waals surface area (Å²) < 4.78 is 5.28. The van der Waals surface area contributed by atoms with E-state index in [0.29, 0.717) is 24.3 Å². The Hall–Kier alpha value is -1.42. The van der Waals surface area contributed by atoms with Gasteiger partial charge in [0.15, 0.2) is 11.5 Å². The Kier molecular flexibility index (Phi) is 1.77. The van der Waals surface area contributed by atoms with Gasteiger partial charge < -0.3 is 20.7 Å². The molecule has 0 aromatic heterocycles. The lowest BCUT2D eigenvalue weighted by Gasteiger charge is -2.23. The van der Waals surface area contributed by atoms with E-state index < -0.39 is 0 Å². The minimum absolute atomic E-state index is 0.153. The molecule has 0 saturated carbocycles. The van der Waals surface area contributed by atoms with Gasteiger partial charge in [-0.05, 0) is 12.1 Å². The normalized spacial score (nSPS) is 20.5. The highest BCUT2D eigenvalue weighted by Gasteiger charge is 2.23. The first kappa shape index (κ1) is 8.19. The molecule has 4 nitrogen and oxygen atoms in total. The van der Waals surface area contributed by atoms with Crippen molar-refractivity contribution < 1.29 is 14.9 Å². The molecule has 0 saturated heterocycles. The predicted molar refractivity (Wildman–Crippen MR) is 46.8 cm³/mol. The molecular formula is C9H11NO3. The maximum atomic E-state index is 9.50. The van der Waals surface area contributed by atoms with Gasteiger partial charge in [-0.3, -0.25) is 0 Å². The van der Waals surface area contributed by atoms with Crippen LogP contribution in [0.25, 0.3) is 0 Å². The molecule has 1 aliphatic heterocycles. The molecule has 4 heteroatoms. The van der Waals surface area contributed by atoms with Crippen LogP contribution >= 0.6 is 0 Å². The summed E-state index contributed by atoms with van der Waals surface area (Å²) >= 11 is 0. The maximum absolute atomic E-state index is 9.50. The molecule has 0 unspecified atom stereocenters. The first-order valence-electron chi connectivity index (χ1n) is 4.13. The average molecular weight is 181 g/mol. The van der Waals surface area contributed by atoms with Crippen LogP contribution in [0.5, 0.6) is 17.2 Å². The molecule has 0 bridgehead atoms. The average Bonchev–Trinajstić information content (AvgIpc) is 2.12. The Balaban J connectivity index is 2.58. The highest BCUT2D eigenvalue weighted by molar-refractivity contribution is 5.54. The van der Waals surface area contributed by atoms with Gasteiger partial charge in [-0.15, -0.1) is 0 Å². The van der Waals surface area contributed by atoms with Crippen molar-refractivity contribution in [3.05, 3.63) is 17.7 Å². The second kappa shape index (κ2) is 2.81. The van der Waals surface area contributed by atoms with Crippen molar-refractivity contribution >= 4 is 0 Å². The molecule has 1 aromatic carbocycles. The second-order valence-electron chi connectivity index (χ2n) is 3.09. The number of rotatable bonds is 0. The topological polar surface area (TPSA) is 75.7 Å². The highest BCUT2D eigenvalue weighted by Crippen LogP contribution is 2.41. The molecular weight excluding hydrogens is 170 g/mol. The number of hydrogen-bond donors (Lipinski definition) is 3. The lowest BCUT2D eigenvalue weighted by atomic mass is 10.00. The smallest absolute Gasteiger partial charge is 0.166 e. The van der Waals surface area contributed by atoms with Gasteiger partial charge in [0.25, 0.3) is 0 Å². The minimum atomic E-state index is -0.254. The van der Waals surface area contributed by atoms with E-state index in [4.69, 9.17) is 10.5 Å². The Morgan fingerprint density at radius 3 is 2.92 bits per heavy atom. The van der Waals surface area contributed by atoms with E-state index >= 15 is 0 Å². The minimum Gasteiger partial charge on any atom is -0.504 e. The number of fused-ring (bicyclic) bond motifs is 1. The van der Waals surface area contributed by atoms with Crippen LogP contribution in [0.2, 0.25) is 0 Å². The van der Waals surface area contributed by atoms with Gasteiger partial charge in [0.1, 0.15) is 5.75 Å². The molecule has 13 heavy (non-hydrogen) atoms. The molecule has 0 spiro atoms. The monoisotopic (exact) mass is 181 g/mol. The molecule has 0 aliphatic carbocycles. The third-order valence-electron chi connectivity index (χ3n) is 2.21. The fourth-order valence-electron chi connectivity index (χ4n) is 1.50. The second-order valence-corrected chi connectivity index (χ2v) is 3.09. The number of ether oxygens (including phenoxy) is 1. The van der Waals surface area contributed by atoms with Crippen LogP contribution in [-0.4, -0.2) is 16.8 Å². The van der Waals surface area contributed by atoms with Crippen LogP contribution in [0.3, 0.4) is 0 Å². The van der Waals surface area contributed by atoms with E-state index in [1.54, 1.807) is 6.07 Å². The number of hydrogen-bond acceptors (Lipinski definition) is 4. The van der Waals surface area contributed by atoms with E-state index in [0.717, 1.165) is 0 Å². The number of benzene rings is 1.